The summed E-state index contributed by atoms with van der Waals surface area (Å²) in [6, 6.07) is 42.0. The maximum Gasteiger partial charge on any atom is 0.208 e. The van der Waals surface area contributed by atoms with E-state index in [9.17, 15) is 56.2 Å². The summed E-state index contributed by atoms with van der Waals surface area (Å²) in [5.41, 5.74) is 4.20. The number of anilines is 3. The second-order valence-corrected chi connectivity index (χ2v) is 15.3. The second kappa shape index (κ2) is 14.3. The SMILES string of the molecule is OC1=C(O)C(O)C(O)c2cc(O)c(O)c(N(c3ccc(-c4ccc5c(c4)c4ccccc4n5-c4ccccc4)cc3)c3ccc(-c4c(O)c(O)c(O)c(O)c4O)c4ccccc34)c21. The highest BCUT2D eigenvalue weighted by Gasteiger charge is 2.39. The van der Waals surface area contributed by atoms with Crippen LogP contribution in [0.5, 0.6) is 40.2 Å². The largest absolute Gasteiger partial charge is 0.506 e. The van der Waals surface area contributed by atoms with Gasteiger partial charge in [0.15, 0.2) is 34.5 Å². The summed E-state index contributed by atoms with van der Waals surface area (Å²) >= 11 is 0. The van der Waals surface area contributed by atoms with E-state index in [-0.39, 0.29) is 28.1 Å². The van der Waals surface area contributed by atoms with Gasteiger partial charge in [0.1, 0.15) is 17.9 Å². The zero-order valence-electron chi connectivity index (χ0n) is 32.7. The molecule has 10 rings (SSSR count). The molecule has 0 amide bonds. The van der Waals surface area contributed by atoms with E-state index in [2.05, 4.69) is 41.0 Å². The van der Waals surface area contributed by atoms with E-state index < -0.39 is 69.5 Å². The van der Waals surface area contributed by atoms with Crippen molar-refractivity contribution < 1.29 is 56.2 Å². The van der Waals surface area contributed by atoms with Crippen molar-refractivity contribution in [2.24, 2.45) is 0 Å². The number of fused-ring (bicyclic) bond motifs is 5. The number of nitrogens with zero attached hydrogens (tertiary/aromatic N) is 2. The minimum atomic E-state index is -1.96. The smallest absolute Gasteiger partial charge is 0.208 e. The average molecular weight is 841 g/mol. The number of aromatic nitrogens is 1. The Balaban J connectivity index is 1.20. The lowest BCUT2D eigenvalue weighted by atomic mass is 9.87. The Morgan fingerprint density at radius 3 is 1.73 bits per heavy atom. The molecule has 13 heteroatoms. The van der Waals surface area contributed by atoms with E-state index in [1.807, 2.05) is 48.5 Å². The number of aromatic hydroxyl groups is 7. The number of phenols is 7. The molecule has 9 aromatic rings. The third-order valence-electron chi connectivity index (χ3n) is 11.8. The molecule has 1 heterocycles. The van der Waals surface area contributed by atoms with Crippen LogP contribution in [0.25, 0.3) is 66.3 Å². The highest BCUT2D eigenvalue weighted by Crippen LogP contribution is 2.58. The lowest BCUT2D eigenvalue weighted by Crippen LogP contribution is -2.28. The fourth-order valence-corrected chi connectivity index (χ4v) is 8.79. The van der Waals surface area contributed by atoms with Crippen LogP contribution in [0, 0.1) is 0 Å². The number of aliphatic hydroxyl groups is 4. The summed E-state index contributed by atoms with van der Waals surface area (Å²) in [5.74, 6) is -8.45. The third kappa shape index (κ3) is 5.72. The molecule has 312 valence electrons. The van der Waals surface area contributed by atoms with Crippen LogP contribution in [0.15, 0.2) is 145 Å². The van der Waals surface area contributed by atoms with Gasteiger partial charge in [-0.3, -0.25) is 0 Å². The Bertz CT molecular complexity index is 3350. The lowest BCUT2D eigenvalue weighted by molar-refractivity contribution is 0.0123. The minimum Gasteiger partial charge on any atom is -0.506 e. The maximum absolute atomic E-state index is 11.8. The molecule has 2 unspecified atom stereocenters. The number of para-hydroxylation sites is 2. The van der Waals surface area contributed by atoms with Gasteiger partial charge in [-0.05, 0) is 76.7 Å². The van der Waals surface area contributed by atoms with Gasteiger partial charge in [-0.15, -0.1) is 0 Å². The first kappa shape index (κ1) is 38.7. The van der Waals surface area contributed by atoms with Crippen molar-refractivity contribution in [1.82, 2.24) is 4.57 Å². The number of hydrogen-bond acceptors (Lipinski definition) is 12. The molecule has 0 saturated heterocycles. The van der Waals surface area contributed by atoms with E-state index in [1.165, 1.54) is 17.0 Å². The normalized spacial score (nSPS) is 15.0. The molecule has 0 fully saturated rings. The molecule has 0 aliphatic heterocycles. The first-order valence-corrected chi connectivity index (χ1v) is 19.6. The van der Waals surface area contributed by atoms with Crippen LogP contribution in [0.1, 0.15) is 17.2 Å². The van der Waals surface area contributed by atoms with Crippen molar-refractivity contribution in [3.63, 3.8) is 0 Å². The van der Waals surface area contributed by atoms with Gasteiger partial charge in [-0.1, -0.05) is 84.9 Å². The van der Waals surface area contributed by atoms with Crippen molar-refractivity contribution in [2.45, 2.75) is 12.2 Å². The highest BCUT2D eigenvalue weighted by atomic mass is 16.4. The summed E-state index contributed by atoms with van der Waals surface area (Å²) in [5, 5.41) is 123. The molecule has 2 atom stereocenters. The van der Waals surface area contributed by atoms with Crippen LogP contribution in [0.3, 0.4) is 0 Å². The third-order valence-corrected chi connectivity index (χ3v) is 11.8. The topological polar surface area (TPSA) is 231 Å². The predicted octanol–water partition coefficient (Wildman–Crippen LogP) is 9.87. The van der Waals surface area contributed by atoms with Gasteiger partial charge in [-0.25, -0.2) is 0 Å². The van der Waals surface area contributed by atoms with E-state index in [0.29, 0.717) is 16.5 Å². The highest BCUT2D eigenvalue weighted by molar-refractivity contribution is 6.11. The molecule has 1 aromatic heterocycles. The molecule has 8 aromatic carbocycles. The summed E-state index contributed by atoms with van der Waals surface area (Å²) < 4.78 is 2.21. The molecule has 0 radical (unpaired) electrons. The fraction of sp³-hybridized carbons (Fsp3) is 0.0400. The van der Waals surface area contributed by atoms with E-state index >= 15 is 0 Å². The zero-order valence-corrected chi connectivity index (χ0v) is 32.7. The molecule has 11 N–H and O–H groups in total. The van der Waals surface area contributed by atoms with Crippen molar-refractivity contribution in [2.75, 3.05) is 4.90 Å². The predicted molar refractivity (Wildman–Crippen MR) is 239 cm³/mol. The first-order valence-electron chi connectivity index (χ1n) is 19.6. The molecule has 0 bridgehead atoms. The Hall–Kier alpha value is -8.52. The summed E-state index contributed by atoms with van der Waals surface area (Å²) in [6.45, 7) is 0. The standard InChI is InChI=1S/C50H36N2O11/c53-37-23-33-38(43(56)47(60)46(59)41(33)54)40(42(37)55)52(35-21-19-31(28-10-4-5-11-29(28)35)39-44(57)48(61)50(63)49(62)45(39)58)27-17-14-24(15-18-27)25-16-20-36-32(22-25)30-12-6-7-13-34(30)51(36)26-8-2-1-3-9-26/h1-23,41,46,53-63H. The van der Waals surface area contributed by atoms with Crippen molar-refractivity contribution >= 4 is 55.4 Å². The van der Waals surface area contributed by atoms with E-state index in [1.54, 1.807) is 36.4 Å². The molecule has 13 nitrogen and oxygen atoms in total. The molecule has 1 aliphatic carbocycles. The number of benzene rings is 8. The van der Waals surface area contributed by atoms with Crippen molar-refractivity contribution in [3.8, 4) is 68.2 Å². The van der Waals surface area contributed by atoms with Crippen LogP contribution in [-0.2, 0) is 0 Å². The van der Waals surface area contributed by atoms with Crippen molar-refractivity contribution in [1.29, 1.82) is 0 Å². The first-order chi connectivity index (χ1) is 30.4. The van der Waals surface area contributed by atoms with Gasteiger partial charge in [-0.2, -0.15) is 0 Å². The van der Waals surface area contributed by atoms with Crippen LogP contribution >= 0.6 is 0 Å². The molecular weight excluding hydrogens is 805 g/mol. The quantitative estimate of drug-likeness (QED) is 0.0555. The van der Waals surface area contributed by atoms with Crippen LogP contribution in [0.4, 0.5) is 17.1 Å². The van der Waals surface area contributed by atoms with Gasteiger partial charge < -0.3 is 65.6 Å². The molecule has 0 saturated carbocycles. The molecule has 0 spiro atoms. The average Bonchev–Trinajstić information content (AvgIpc) is 3.64. The van der Waals surface area contributed by atoms with E-state index in [4.69, 9.17) is 0 Å². The monoisotopic (exact) mass is 840 g/mol. The molecular formula is C50H36N2O11. The Morgan fingerprint density at radius 2 is 1.03 bits per heavy atom. The Morgan fingerprint density at radius 1 is 0.444 bits per heavy atom. The summed E-state index contributed by atoms with van der Waals surface area (Å²) in [7, 11) is 0. The minimum absolute atomic E-state index is 0.0929. The van der Waals surface area contributed by atoms with Crippen LogP contribution in [-0.4, -0.2) is 66.8 Å². The van der Waals surface area contributed by atoms with Gasteiger partial charge in [0.2, 0.25) is 17.2 Å². The Kier molecular flexibility index (Phi) is 8.78. The molecule has 63 heavy (non-hydrogen) atoms. The summed E-state index contributed by atoms with van der Waals surface area (Å²) in [4.78, 5) is 1.46. The number of aliphatic hydroxyl groups excluding tert-OH is 4. The fourth-order valence-electron chi connectivity index (χ4n) is 8.79. The van der Waals surface area contributed by atoms with Gasteiger partial charge in [0, 0.05) is 33.1 Å². The lowest BCUT2D eigenvalue weighted by Gasteiger charge is -2.34. The number of phenolic OH excluding ortho intramolecular Hbond substituents is 7. The van der Waals surface area contributed by atoms with Gasteiger partial charge in [0.25, 0.3) is 0 Å². The van der Waals surface area contributed by atoms with Gasteiger partial charge >= 0.3 is 0 Å². The van der Waals surface area contributed by atoms with Crippen LogP contribution in [0.2, 0.25) is 0 Å². The second-order valence-electron chi connectivity index (χ2n) is 15.3. The van der Waals surface area contributed by atoms with Crippen LogP contribution < -0.4 is 4.90 Å². The Labute approximate surface area is 356 Å². The molecule has 1 aliphatic rings. The number of hydrogen-bond donors (Lipinski definition) is 11. The maximum atomic E-state index is 11.8. The van der Waals surface area contributed by atoms with Crippen molar-refractivity contribution in [3.05, 3.63) is 156 Å². The zero-order chi connectivity index (χ0) is 44.0. The summed E-state index contributed by atoms with van der Waals surface area (Å²) in [6.07, 6.45) is -3.80. The van der Waals surface area contributed by atoms with Gasteiger partial charge in [0.05, 0.1) is 27.8 Å². The van der Waals surface area contributed by atoms with E-state index in [0.717, 1.165) is 44.7 Å². The number of rotatable bonds is 6.